The number of hydrogen-bond acceptors (Lipinski definition) is 2. The summed E-state index contributed by atoms with van der Waals surface area (Å²) in [6, 6.07) is 6.58. The normalized spacial score (nSPS) is 17.1. The van der Waals surface area contributed by atoms with Crippen LogP contribution in [0.5, 0.6) is 0 Å². The van der Waals surface area contributed by atoms with Gasteiger partial charge in [-0.15, -0.1) is 0 Å². The Balaban J connectivity index is 1.61. The molecule has 0 radical (unpaired) electrons. The van der Waals surface area contributed by atoms with E-state index in [1.54, 1.807) is 0 Å². The Labute approximate surface area is 126 Å². The van der Waals surface area contributed by atoms with Crippen LogP contribution in [0, 0.1) is 25.7 Å². The minimum Gasteiger partial charge on any atom is -0.396 e. The molecule has 3 N–H and O–H groups in total. The molecule has 0 amide bonds. The second-order valence-electron chi connectivity index (χ2n) is 6.53. The van der Waals surface area contributed by atoms with Crippen LogP contribution in [0.25, 0.3) is 10.9 Å². The van der Waals surface area contributed by atoms with Crippen molar-refractivity contribution < 1.29 is 5.11 Å². The monoisotopic (exact) mass is 286 g/mol. The fourth-order valence-corrected chi connectivity index (χ4v) is 3.29. The molecule has 0 saturated heterocycles. The standard InChI is InChI=1S/C18H26N2O/c1-12-6-7-18-17(13(12)2)8-16(20-18)10-19-9-15(11-21)14-4-3-5-14/h6-8,14-15,19-21H,3-5,9-11H2,1-2H3. The summed E-state index contributed by atoms with van der Waals surface area (Å²) in [5, 5.41) is 14.3. The molecule has 3 heteroatoms. The molecule has 1 aromatic heterocycles. The van der Waals surface area contributed by atoms with Gasteiger partial charge in [-0.3, -0.25) is 0 Å². The van der Waals surface area contributed by atoms with Gasteiger partial charge in [0.15, 0.2) is 0 Å². The smallest absolute Gasteiger partial charge is 0.0474 e. The van der Waals surface area contributed by atoms with Crippen molar-refractivity contribution in [2.75, 3.05) is 13.2 Å². The number of aromatic nitrogens is 1. The number of benzene rings is 1. The third-order valence-electron chi connectivity index (χ3n) is 5.17. The van der Waals surface area contributed by atoms with Gasteiger partial charge >= 0.3 is 0 Å². The van der Waals surface area contributed by atoms with Crippen molar-refractivity contribution in [1.82, 2.24) is 10.3 Å². The van der Waals surface area contributed by atoms with E-state index in [4.69, 9.17) is 0 Å². The van der Waals surface area contributed by atoms with Crippen LogP contribution in [0.2, 0.25) is 0 Å². The highest BCUT2D eigenvalue weighted by Gasteiger charge is 2.26. The SMILES string of the molecule is Cc1ccc2[nH]c(CNCC(CO)C3CCC3)cc2c1C. The molecule has 1 saturated carbocycles. The first-order chi connectivity index (χ1) is 10.2. The van der Waals surface area contributed by atoms with Crippen LogP contribution >= 0.6 is 0 Å². The quantitative estimate of drug-likeness (QED) is 0.763. The van der Waals surface area contributed by atoms with E-state index < -0.39 is 0 Å². The predicted octanol–water partition coefficient (Wildman–Crippen LogP) is 3.28. The van der Waals surface area contributed by atoms with Crippen molar-refractivity contribution in [1.29, 1.82) is 0 Å². The second kappa shape index (κ2) is 6.20. The van der Waals surface area contributed by atoms with Gasteiger partial charge in [0, 0.05) is 36.3 Å². The van der Waals surface area contributed by atoms with Crippen molar-refractivity contribution in [3.63, 3.8) is 0 Å². The van der Waals surface area contributed by atoms with Crippen molar-refractivity contribution in [3.8, 4) is 0 Å². The first kappa shape index (κ1) is 14.6. The molecule has 21 heavy (non-hydrogen) atoms. The summed E-state index contributed by atoms with van der Waals surface area (Å²) in [5.74, 6) is 1.15. The van der Waals surface area contributed by atoms with Gasteiger partial charge in [-0.25, -0.2) is 0 Å². The number of rotatable bonds is 6. The maximum absolute atomic E-state index is 9.49. The number of nitrogens with one attached hydrogen (secondary N) is 2. The van der Waals surface area contributed by atoms with E-state index in [1.165, 1.54) is 47.0 Å². The van der Waals surface area contributed by atoms with Crippen LogP contribution in [-0.4, -0.2) is 23.2 Å². The van der Waals surface area contributed by atoms with Gasteiger partial charge in [0.05, 0.1) is 0 Å². The zero-order valence-corrected chi connectivity index (χ0v) is 13.1. The number of aliphatic hydroxyl groups is 1. The Morgan fingerprint density at radius 3 is 2.81 bits per heavy atom. The van der Waals surface area contributed by atoms with Gasteiger partial charge in [0.2, 0.25) is 0 Å². The summed E-state index contributed by atoms with van der Waals surface area (Å²) in [7, 11) is 0. The number of fused-ring (bicyclic) bond motifs is 1. The van der Waals surface area contributed by atoms with E-state index in [0.29, 0.717) is 12.5 Å². The Bertz CT molecular complexity index is 613. The van der Waals surface area contributed by atoms with Gasteiger partial charge in [0.1, 0.15) is 0 Å². The van der Waals surface area contributed by atoms with E-state index >= 15 is 0 Å². The highest BCUT2D eigenvalue weighted by atomic mass is 16.3. The number of aromatic amines is 1. The average Bonchev–Trinajstić information content (AvgIpc) is 2.83. The van der Waals surface area contributed by atoms with E-state index in [9.17, 15) is 5.11 Å². The summed E-state index contributed by atoms with van der Waals surface area (Å²) in [6.45, 7) is 6.40. The lowest BCUT2D eigenvalue weighted by Crippen LogP contribution is -2.33. The van der Waals surface area contributed by atoms with Crippen LogP contribution in [0.1, 0.15) is 36.1 Å². The molecule has 114 valence electrons. The highest BCUT2D eigenvalue weighted by molar-refractivity contribution is 5.84. The summed E-state index contributed by atoms with van der Waals surface area (Å²) < 4.78 is 0. The van der Waals surface area contributed by atoms with E-state index in [2.05, 4.69) is 42.3 Å². The van der Waals surface area contributed by atoms with Gasteiger partial charge in [-0.05, 0) is 48.9 Å². The molecule has 0 spiro atoms. The van der Waals surface area contributed by atoms with Gasteiger partial charge in [-0.2, -0.15) is 0 Å². The fraction of sp³-hybridized carbons (Fsp3) is 0.556. The van der Waals surface area contributed by atoms with Crippen molar-refractivity contribution in [3.05, 3.63) is 35.0 Å². The lowest BCUT2D eigenvalue weighted by atomic mass is 9.76. The van der Waals surface area contributed by atoms with Crippen LogP contribution in [-0.2, 0) is 6.54 Å². The highest BCUT2D eigenvalue weighted by Crippen LogP contribution is 2.33. The molecule has 0 bridgehead atoms. The molecule has 1 aliphatic carbocycles. The zero-order valence-electron chi connectivity index (χ0n) is 13.1. The van der Waals surface area contributed by atoms with Crippen LogP contribution in [0.15, 0.2) is 18.2 Å². The van der Waals surface area contributed by atoms with Crippen molar-refractivity contribution in [2.45, 2.75) is 39.7 Å². The second-order valence-corrected chi connectivity index (χ2v) is 6.53. The van der Waals surface area contributed by atoms with E-state index in [-0.39, 0.29) is 0 Å². The summed E-state index contributed by atoms with van der Waals surface area (Å²) in [4.78, 5) is 3.49. The predicted molar refractivity (Wildman–Crippen MR) is 87.4 cm³/mol. The van der Waals surface area contributed by atoms with Gasteiger partial charge < -0.3 is 15.4 Å². The minimum absolute atomic E-state index is 0.308. The summed E-state index contributed by atoms with van der Waals surface area (Å²) in [5.41, 5.74) is 5.14. The molecule has 1 aliphatic rings. The Morgan fingerprint density at radius 2 is 2.14 bits per heavy atom. The van der Waals surface area contributed by atoms with Gasteiger partial charge in [0.25, 0.3) is 0 Å². The third kappa shape index (κ3) is 2.99. The molecule has 1 aromatic carbocycles. The Hall–Kier alpha value is -1.32. The number of hydrogen-bond donors (Lipinski definition) is 3. The molecule has 0 aliphatic heterocycles. The van der Waals surface area contributed by atoms with E-state index in [1.807, 2.05) is 0 Å². The van der Waals surface area contributed by atoms with Crippen LogP contribution in [0.3, 0.4) is 0 Å². The first-order valence-electron chi connectivity index (χ1n) is 8.08. The maximum atomic E-state index is 9.49. The molecule has 3 rings (SSSR count). The fourth-order valence-electron chi connectivity index (χ4n) is 3.29. The molecule has 1 atom stereocenters. The largest absolute Gasteiger partial charge is 0.396 e. The summed E-state index contributed by atoms with van der Waals surface area (Å²) in [6.07, 6.45) is 3.91. The maximum Gasteiger partial charge on any atom is 0.0474 e. The molecular formula is C18H26N2O. The number of aryl methyl sites for hydroxylation is 2. The molecule has 3 nitrogen and oxygen atoms in total. The van der Waals surface area contributed by atoms with E-state index in [0.717, 1.165) is 19.0 Å². The lowest BCUT2D eigenvalue weighted by molar-refractivity contribution is 0.122. The van der Waals surface area contributed by atoms with Crippen molar-refractivity contribution >= 4 is 10.9 Å². The Kier molecular flexibility index (Phi) is 4.32. The summed E-state index contributed by atoms with van der Waals surface area (Å²) >= 11 is 0. The topological polar surface area (TPSA) is 48.0 Å². The first-order valence-corrected chi connectivity index (χ1v) is 8.08. The minimum atomic E-state index is 0.308. The molecule has 1 heterocycles. The van der Waals surface area contributed by atoms with Crippen molar-refractivity contribution in [2.24, 2.45) is 11.8 Å². The zero-order chi connectivity index (χ0) is 14.8. The Morgan fingerprint density at radius 1 is 1.33 bits per heavy atom. The molecular weight excluding hydrogens is 260 g/mol. The molecule has 2 aromatic rings. The van der Waals surface area contributed by atoms with Crippen LogP contribution in [0.4, 0.5) is 0 Å². The number of H-pyrrole nitrogens is 1. The van der Waals surface area contributed by atoms with Gasteiger partial charge in [-0.1, -0.05) is 25.3 Å². The molecule has 1 unspecified atom stereocenters. The number of aliphatic hydroxyl groups excluding tert-OH is 1. The third-order valence-corrected chi connectivity index (χ3v) is 5.17. The molecule has 1 fully saturated rings. The lowest BCUT2D eigenvalue weighted by Gasteiger charge is -2.32. The average molecular weight is 286 g/mol. The van der Waals surface area contributed by atoms with Crippen LogP contribution < -0.4 is 5.32 Å².